The molecule has 1 aliphatic carbocycles. The number of H-pyrrole nitrogens is 1. The maximum atomic E-state index is 13.8. The van der Waals surface area contributed by atoms with Crippen molar-refractivity contribution in [2.75, 3.05) is 11.9 Å². The lowest BCUT2D eigenvalue weighted by Gasteiger charge is -2.41. The monoisotopic (exact) mass is 391 g/mol. The number of nitrogens with one attached hydrogen (secondary N) is 1. The van der Waals surface area contributed by atoms with Crippen molar-refractivity contribution in [3.8, 4) is 5.88 Å². The molecule has 2 aliphatic heterocycles. The second-order valence-electron chi connectivity index (χ2n) is 8.80. The topological polar surface area (TPSA) is 92.4 Å². The molecule has 0 saturated heterocycles. The van der Waals surface area contributed by atoms with E-state index < -0.39 is 11.0 Å². The number of fused-ring (bicyclic) bond motifs is 5. The molecule has 1 atom stereocenters. The summed E-state index contributed by atoms with van der Waals surface area (Å²) in [5, 5.41) is 0. The van der Waals surface area contributed by atoms with Crippen LogP contribution in [0.4, 0.5) is 5.69 Å². The SMILES string of the molecule is Cc1nc2c(c(=O)[nH]1)C1(C(=O)N(C)c3ccccc31)C1=C(CC(C)(C)CC1=O)O2. The quantitative estimate of drug-likeness (QED) is 0.744. The molecule has 1 aromatic carbocycles. The highest BCUT2D eigenvalue weighted by molar-refractivity contribution is 6.19. The van der Waals surface area contributed by atoms with Crippen molar-refractivity contribution in [3.63, 3.8) is 0 Å². The Morgan fingerprint density at radius 1 is 1.14 bits per heavy atom. The minimum absolute atomic E-state index is 0.0942. The van der Waals surface area contributed by atoms with Gasteiger partial charge in [-0.3, -0.25) is 14.4 Å². The third-order valence-corrected chi connectivity index (χ3v) is 6.11. The molecule has 3 heterocycles. The van der Waals surface area contributed by atoms with Gasteiger partial charge in [0.15, 0.2) is 5.78 Å². The number of ether oxygens (including phenoxy) is 1. The molecule has 1 spiro atoms. The van der Waals surface area contributed by atoms with Crippen LogP contribution in [0.15, 0.2) is 40.4 Å². The lowest BCUT2D eigenvalue weighted by Crippen LogP contribution is -2.51. The van der Waals surface area contributed by atoms with Crippen LogP contribution in [-0.4, -0.2) is 28.7 Å². The van der Waals surface area contributed by atoms with Crippen LogP contribution in [0.5, 0.6) is 5.88 Å². The normalized spacial score (nSPS) is 24.3. The molecule has 7 nitrogen and oxygen atoms in total. The first-order valence-electron chi connectivity index (χ1n) is 9.60. The summed E-state index contributed by atoms with van der Waals surface area (Å²) in [7, 11) is 1.67. The summed E-state index contributed by atoms with van der Waals surface area (Å²) in [6, 6.07) is 7.28. The zero-order chi connectivity index (χ0) is 20.7. The molecule has 1 N–H and O–H groups in total. The number of amides is 1. The summed E-state index contributed by atoms with van der Waals surface area (Å²) in [5.41, 5.74) is -0.633. The molecule has 1 amide bonds. The van der Waals surface area contributed by atoms with Gasteiger partial charge in [-0.1, -0.05) is 32.0 Å². The molecule has 29 heavy (non-hydrogen) atoms. The fourth-order valence-corrected chi connectivity index (χ4v) is 5.02. The Labute approximate surface area is 167 Å². The number of Topliss-reactive ketones (excluding diaryl/α,β-unsaturated/α-hetero) is 1. The second-order valence-corrected chi connectivity index (χ2v) is 8.80. The molecular formula is C22H21N3O4. The smallest absolute Gasteiger partial charge is 0.259 e. The predicted molar refractivity (Wildman–Crippen MR) is 106 cm³/mol. The van der Waals surface area contributed by atoms with Crippen LogP contribution in [0.25, 0.3) is 0 Å². The molecule has 0 radical (unpaired) electrons. The van der Waals surface area contributed by atoms with E-state index in [0.717, 1.165) is 0 Å². The first-order valence-corrected chi connectivity index (χ1v) is 9.60. The van der Waals surface area contributed by atoms with Crippen molar-refractivity contribution < 1.29 is 14.3 Å². The number of allylic oxidation sites excluding steroid dienone is 1. The number of rotatable bonds is 0. The fourth-order valence-electron chi connectivity index (χ4n) is 5.02. The number of hydrogen-bond donors (Lipinski definition) is 1. The highest BCUT2D eigenvalue weighted by Gasteiger charge is 2.62. The summed E-state index contributed by atoms with van der Waals surface area (Å²) < 4.78 is 6.05. The summed E-state index contributed by atoms with van der Waals surface area (Å²) in [4.78, 5) is 49.0. The maximum absolute atomic E-state index is 13.8. The number of hydrogen-bond acceptors (Lipinski definition) is 5. The van der Waals surface area contributed by atoms with E-state index in [1.165, 1.54) is 4.90 Å². The number of ketones is 1. The Hall–Kier alpha value is -3.22. The predicted octanol–water partition coefficient (Wildman–Crippen LogP) is 2.38. The standard InChI is InChI=1S/C22H21N3O4/c1-11-23-18(27)17-19(24-11)29-15-10-21(2,3)9-14(26)16(15)22(17)12-7-5-6-8-13(12)25(4)20(22)28/h5-8H,9-10H2,1-4H3,(H,23,24,27). The third-order valence-electron chi connectivity index (χ3n) is 6.11. The lowest BCUT2D eigenvalue weighted by atomic mass is 9.62. The molecule has 0 bridgehead atoms. The van der Waals surface area contributed by atoms with Gasteiger partial charge in [0.2, 0.25) is 11.8 Å². The number of likely N-dealkylation sites (N-methyl/N-ethyl adjacent to an activating group) is 1. The van der Waals surface area contributed by atoms with Crippen LogP contribution in [0, 0.1) is 12.3 Å². The fraction of sp³-hybridized carbons (Fsp3) is 0.364. The number of aromatic nitrogens is 2. The molecule has 2 aromatic rings. The first-order chi connectivity index (χ1) is 13.7. The Morgan fingerprint density at radius 3 is 2.62 bits per heavy atom. The summed E-state index contributed by atoms with van der Waals surface area (Å²) in [6.45, 7) is 5.65. The minimum Gasteiger partial charge on any atom is -0.442 e. The van der Waals surface area contributed by atoms with Crippen LogP contribution in [0.1, 0.15) is 43.6 Å². The van der Waals surface area contributed by atoms with Gasteiger partial charge >= 0.3 is 0 Å². The van der Waals surface area contributed by atoms with Crippen LogP contribution >= 0.6 is 0 Å². The third kappa shape index (κ3) is 2.13. The largest absolute Gasteiger partial charge is 0.442 e. The summed E-state index contributed by atoms with van der Waals surface area (Å²) in [5.74, 6) is 0.436. The average Bonchev–Trinajstić information content (AvgIpc) is 2.83. The Kier molecular flexibility index (Phi) is 3.34. The lowest BCUT2D eigenvalue weighted by molar-refractivity contribution is -0.125. The molecule has 5 rings (SSSR count). The minimum atomic E-state index is -1.53. The number of aromatic amines is 1. The molecule has 0 fully saturated rings. The zero-order valence-electron chi connectivity index (χ0n) is 16.8. The van der Waals surface area contributed by atoms with Crippen LogP contribution in [-0.2, 0) is 15.0 Å². The van der Waals surface area contributed by atoms with E-state index in [2.05, 4.69) is 9.97 Å². The van der Waals surface area contributed by atoms with E-state index >= 15 is 0 Å². The highest BCUT2D eigenvalue weighted by atomic mass is 16.5. The van der Waals surface area contributed by atoms with Gasteiger partial charge in [-0.05, 0) is 18.4 Å². The van der Waals surface area contributed by atoms with Crippen molar-refractivity contribution in [2.45, 2.75) is 39.0 Å². The van der Waals surface area contributed by atoms with E-state index in [1.54, 1.807) is 14.0 Å². The van der Waals surface area contributed by atoms with Crippen molar-refractivity contribution >= 4 is 17.4 Å². The van der Waals surface area contributed by atoms with Crippen LogP contribution in [0.2, 0.25) is 0 Å². The number of nitrogens with zero attached hydrogens (tertiary/aromatic N) is 2. The van der Waals surface area contributed by atoms with Gasteiger partial charge in [-0.25, -0.2) is 0 Å². The van der Waals surface area contributed by atoms with E-state index in [9.17, 15) is 14.4 Å². The summed E-state index contributed by atoms with van der Waals surface area (Å²) >= 11 is 0. The van der Waals surface area contributed by atoms with Gasteiger partial charge in [-0.15, -0.1) is 0 Å². The first kappa shape index (κ1) is 17.8. The van der Waals surface area contributed by atoms with Crippen molar-refractivity contribution in [3.05, 3.63) is 62.9 Å². The van der Waals surface area contributed by atoms with Gasteiger partial charge in [-0.2, -0.15) is 4.98 Å². The number of aryl methyl sites for hydroxylation is 1. The van der Waals surface area contributed by atoms with Gasteiger partial charge in [0.05, 0.1) is 5.57 Å². The number of para-hydroxylation sites is 1. The van der Waals surface area contributed by atoms with E-state index in [0.29, 0.717) is 29.3 Å². The van der Waals surface area contributed by atoms with Crippen LogP contribution < -0.4 is 15.2 Å². The molecule has 0 saturated carbocycles. The number of anilines is 1. The van der Waals surface area contributed by atoms with Gasteiger partial charge in [0.1, 0.15) is 22.6 Å². The molecule has 3 aliphatic rings. The average molecular weight is 391 g/mol. The molecule has 1 aromatic heterocycles. The van der Waals surface area contributed by atoms with Gasteiger partial charge in [0.25, 0.3) is 5.56 Å². The zero-order valence-corrected chi connectivity index (χ0v) is 16.8. The second kappa shape index (κ2) is 5.43. The van der Waals surface area contributed by atoms with Crippen molar-refractivity contribution in [1.29, 1.82) is 0 Å². The van der Waals surface area contributed by atoms with Crippen molar-refractivity contribution in [1.82, 2.24) is 9.97 Å². The number of carbonyl (C=O) groups is 2. The number of benzene rings is 1. The summed E-state index contributed by atoms with van der Waals surface area (Å²) in [6.07, 6.45) is 0.768. The Bertz CT molecular complexity index is 1210. The van der Waals surface area contributed by atoms with Gasteiger partial charge < -0.3 is 14.6 Å². The molecule has 1 unspecified atom stereocenters. The molecule has 7 heteroatoms. The van der Waals surface area contributed by atoms with E-state index in [-0.39, 0.29) is 40.5 Å². The molecule has 148 valence electrons. The number of carbonyl (C=O) groups excluding carboxylic acids is 2. The van der Waals surface area contributed by atoms with Crippen molar-refractivity contribution in [2.24, 2.45) is 5.41 Å². The Balaban J connectivity index is 1.96. The van der Waals surface area contributed by atoms with Gasteiger partial charge in [0, 0.05) is 31.1 Å². The van der Waals surface area contributed by atoms with E-state index in [1.807, 2.05) is 38.1 Å². The maximum Gasteiger partial charge on any atom is 0.259 e. The molecular weight excluding hydrogens is 370 g/mol. The Morgan fingerprint density at radius 2 is 1.86 bits per heavy atom. The highest BCUT2D eigenvalue weighted by Crippen LogP contribution is 2.57. The van der Waals surface area contributed by atoms with E-state index in [4.69, 9.17) is 4.74 Å². The van der Waals surface area contributed by atoms with Crippen LogP contribution in [0.3, 0.4) is 0 Å².